The zero-order chi connectivity index (χ0) is 21.9. The molecule has 0 aliphatic heterocycles. The lowest BCUT2D eigenvalue weighted by Crippen LogP contribution is -2.68. The predicted molar refractivity (Wildman–Crippen MR) is 121 cm³/mol. The van der Waals surface area contributed by atoms with E-state index < -0.39 is 14.2 Å². The summed E-state index contributed by atoms with van der Waals surface area (Å²) in [7, 11) is -1.41. The molecule has 1 aliphatic carbocycles. The van der Waals surface area contributed by atoms with Gasteiger partial charge in [0.1, 0.15) is 5.78 Å². The molecular weight excluding hydrogens is 392 g/mol. The minimum absolute atomic E-state index is 0.0615. The Balaban J connectivity index is 2.14. The van der Waals surface area contributed by atoms with E-state index in [-0.39, 0.29) is 35.2 Å². The summed E-state index contributed by atoms with van der Waals surface area (Å²) >= 11 is 0. The number of ether oxygens (including phenoxy) is 1. The van der Waals surface area contributed by atoms with Crippen molar-refractivity contribution in [1.82, 2.24) is 0 Å². The first-order valence-electron chi connectivity index (χ1n) is 10.6. The molecule has 2 aromatic carbocycles. The summed E-state index contributed by atoms with van der Waals surface area (Å²) in [5.41, 5.74) is 0. The van der Waals surface area contributed by atoms with Crippen LogP contribution in [0.5, 0.6) is 0 Å². The number of ketones is 1. The van der Waals surface area contributed by atoms with Crippen LogP contribution in [0.15, 0.2) is 60.7 Å². The highest BCUT2D eigenvalue weighted by Gasteiger charge is 2.53. The molecule has 4 nitrogen and oxygen atoms in total. The highest BCUT2D eigenvalue weighted by atomic mass is 28.4. The van der Waals surface area contributed by atoms with Crippen molar-refractivity contribution in [2.24, 2.45) is 11.8 Å². The topological polar surface area (TPSA) is 52.6 Å². The number of hydrogen-bond acceptors (Lipinski definition) is 4. The number of esters is 1. The molecule has 1 aliphatic rings. The van der Waals surface area contributed by atoms with Gasteiger partial charge in [-0.15, -0.1) is 0 Å². The van der Waals surface area contributed by atoms with E-state index in [2.05, 4.69) is 45.0 Å². The first-order chi connectivity index (χ1) is 14.2. The van der Waals surface area contributed by atoms with E-state index in [9.17, 15) is 9.59 Å². The van der Waals surface area contributed by atoms with E-state index in [4.69, 9.17) is 9.16 Å². The Morgan fingerprint density at radius 2 is 1.43 bits per heavy atom. The van der Waals surface area contributed by atoms with Gasteiger partial charge in [0.2, 0.25) is 0 Å². The lowest BCUT2D eigenvalue weighted by molar-refractivity contribution is -0.153. The van der Waals surface area contributed by atoms with Gasteiger partial charge in [0.25, 0.3) is 8.32 Å². The Bertz CT molecular complexity index is 834. The zero-order valence-corrected chi connectivity index (χ0v) is 19.6. The van der Waals surface area contributed by atoms with Gasteiger partial charge in [-0.3, -0.25) is 9.59 Å². The van der Waals surface area contributed by atoms with Crippen LogP contribution in [-0.4, -0.2) is 33.3 Å². The second-order valence-corrected chi connectivity index (χ2v) is 13.5. The van der Waals surface area contributed by atoms with Crippen molar-refractivity contribution >= 4 is 30.4 Å². The van der Waals surface area contributed by atoms with Gasteiger partial charge in [0, 0.05) is 12.8 Å². The van der Waals surface area contributed by atoms with Crippen LogP contribution in [0, 0.1) is 11.8 Å². The third-order valence-electron chi connectivity index (χ3n) is 6.35. The largest absolute Gasteiger partial charge is 0.469 e. The van der Waals surface area contributed by atoms with Gasteiger partial charge in [0.05, 0.1) is 19.1 Å². The van der Waals surface area contributed by atoms with E-state index in [0.29, 0.717) is 6.42 Å². The van der Waals surface area contributed by atoms with Crippen molar-refractivity contribution in [2.75, 3.05) is 7.11 Å². The summed E-state index contributed by atoms with van der Waals surface area (Å²) in [5, 5.41) is 2.16. The molecule has 0 bridgehead atoms. The molecule has 0 heterocycles. The van der Waals surface area contributed by atoms with Crippen molar-refractivity contribution < 1.29 is 18.8 Å². The quantitative estimate of drug-likeness (QED) is 0.542. The summed E-state index contributed by atoms with van der Waals surface area (Å²) in [5.74, 6) is -0.825. The number of hydrogen-bond donors (Lipinski definition) is 0. The fraction of sp³-hybridized carbons (Fsp3) is 0.440. The molecule has 5 heteroatoms. The maximum absolute atomic E-state index is 12.6. The Morgan fingerprint density at radius 1 is 0.933 bits per heavy atom. The van der Waals surface area contributed by atoms with Crippen LogP contribution >= 0.6 is 0 Å². The van der Waals surface area contributed by atoms with Gasteiger partial charge in [-0.1, -0.05) is 88.4 Å². The molecule has 0 radical (unpaired) electrons. The number of carbonyl (C=O) groups excluding carboxylic acids is 2. The minimum Gasteiger partial charge on any atom is -0.469 e. The average molecular weight is 425 g/mol. The van der Waals surface area contributed by atoms with Crippen LogP contribution in [0.2, 0.25) is 5.04 Å². The van der Waals surface area contributed by atoms with Crippen LogP contribution < -0.4 is 10.4 Å². The maximum atomic E-state index is 12.6. The molecule has 160 valence electrons. The molecule has 0 N–H and O–H groups in total. The lowest BCUT2D eigenvalue weighted by Gasteiger charge is -2.47. The Labute approximate surface area is 180 Å². The Morgan fingerprint density at radius 3 is 1.87 bits per heavy atom. The van der Waals surface area contributed by atoms with Crippen LogP contribution in [-0.2, 0) is 18.8 Å². The van der Waals surface area contributed by atoms with Crippen molar-refractivity contribution in [3.05, 3.63) is 60.7 Å². The number of Topliss-reactive ketones (excluding diaryl/α,β-unsaturated/α-hetero) is 1. The normalized spacial score (nSPS) is 22.6. The summed E-state index contributed by atoms with van der Waals surface area (Å²) < 4.78 is 12.1. The van der Waals surface area contributed by atoms with E-state index in [0.717, 1.165) is 0 Å². The molecule has 1 fully saturated rings. The molecule has 1 saturated carbocycles. The second-order valence-electron chi connectivity index (χ2n) is 9.26. The Hall–Kier alpha value is -2.24. The summed E-state index contributed by atoms with van der Waals surface area (Å²) in [6.45, 7) is 8.65. The van der Waals surface area contributed by atoms with E-state index in [1.165, 1.54) is 17.5 Å². The lowest BCUT2D eigenvalue weighted by atomic mass is 9.78. The maximum Gasteiger partial charge on any atom is 0.309 e. The molecule has 3 atom stereocenters. The van der Waals surface area contributed by atoms with E-state index in [1.54, 1.807) is 0 Å². The summed E-state index contributed by atoms with van der Waals surface area (Å²) in [6.07, 6.45) is 0.231. The van der Waals surface area contributed by atoms with Gasteiger partial charge in [0.15, 0.2) is 0 Å². The molecule has 0 spiro atoms. The van der Waals surface area contributed by atoms with Gasteiger partial charge in [-0.25, -0.2) is 0 Å². The minimum atomic E-state index is -2.79. The predicted octanol–water partition coefficient (Wildman–Crippen LogP) is 3.72. The van der Waals surface area contributed by atoms with Crippen LogP contribution in [0.3, 0.4) is 0 Å². The van der Waals surface area contributed by atoms with Gasteiger partial charge in [-0.05, 0) is 21.3 Å². The number of carbonyl (C=O) groups is 2. The third kappa shape index (κ3) is 4.14. The Kier molecular flexibility index (Phi) is 6.63. The molecule has 0 unspecified atom stereocenters. The summed E-state index contributed by atoms with van der Waals surface area (Å²) in [4.78, 5) is 24.9. The highest BCUT2D eigenvalue weighted by molar-refractivity contribution is 6.99. The second kappa shape index (κ2) is 8.86. The zero-order valence-electron chi connectivity index (χ0n) is 18.6. The first-order valence-corrected chi connectivity index (χ1v) is 12.5. The number of rotatable bonds is 5. The third-order valence-corrected chi connectivity index (χ3v) is 11.4. The van der Waals surface area contributed by atoms with Crippen LogP contribution in [0.1, 0.15) is 40.5 Å². The molecule has 0 aromatic heterocycles. The monoisotopic (exact) mass is 424 g/mol. The van der Waals surface area contributed by atoms with Crippen molar-refractivity contribution in [3.8, 4) is 0 Å². The molecule has 0 amide bonds. The standard InChI is InChI=1S/C25H32O4Si/c1-18-22(24(27)28-5)16-19(26)17-23(18)29-30(25(2,3)4,20-12-8-6-9-13-20)21-14-10-7-11-15-21/h6-15,18,22-23H,16-17H2,1-5H3/t18-,22+,23+/m1/s1. The fourth-order valence-electron chi connectivity index (χ4n) is 4.70. The summed E-state index contributed by atoms with van der Waals surface area (Å²) in [6, 6.07) is 20.7. The van der Waals surface area contributed by atoms with Gasteiger partial charge < -0.3 is 9.16 Å². The smallest absolute Gasteiger partial charge is 0.309 e. The van der Waals surface area contributed by atoms with Crippen molar-refractivity contribution in [1.29, 1.82) is 0 Å². The van der Waals surface area contributed by atoms with Gasteiger partial charge >= 0.3 is 5.97 Å². The highest BCUT2D eigenvalue weighted by Crippen LogP contribution is 2.41. The molecular formula is C25H32O4Si. The first kappa shape index (κ1) is 22.4. The van der Waals surface area contributed by atoms with Gasteiger partial charge in [-0.2, -0.15) is 0 Å². The fourth-order valence-corrected chi connectivity index (χ4v) is 9.47. The van der Waals surface area contributed by atoms with Crippen LogP contribution in [0.25, 0.3) is 0 Å². The molecule has 3 rings (SSSR count). The number of methoxy groups -OCH3 is 1. The van der Waals surface area contributed by atoms with Crippen molar-refractivity contribution in [3.63, 3.8) is 0 Å². The average Bonchev–Trinajstić information content (AvgIpc) is 2.73. The molecule has 30 heavy (non-hydrogen) atoms. The van der Waals surface area contributed by atoms with E-state index in [1.807, 2.05) is 43.3 Å². The SMILES string of the molecule is COC(=O)[C@H]1CC(=O)C[C@H](O[Si](c2ccccc2)(c2ccccc2)C(C)(C)C)[C@@H]1C. The molecule has 0 saturated heterocycles. The molecule has 2 aromatic rings. The number of benzene rings is 2. The van der Waals surface area contributed by atoms with E-state index >= 15 is 0 Å². The van der Waals surface area contributed by atoms with Crippen LogP contribution in [0.4, 0.5) is 0 Å². The van der Waals surface area contributed by atoms with Crippen molar-refractivity contribution in [2.45, 2.75) is 51.7 Å².